The maximum absolute atomic E-state index is 2.55. The summed E-state index contributed by atoms with van der Waals surface area (Å²) in [5.41, 5.74) is 10.5. The number of hydrogen-bond acceptors (Lipinski definition) is 2. The Morgan fingerprint density at radius 3 is 1.82 bits per heavy atom. The fourth-order valence-electron chi connectivity index (χ4n) is 11.9. The average molecular weight is 738 g/mol. The lowest BCUT2D eigenvalue weighted by Crippen LogP contribution is -2.48. The predicted octanol–water partition coefficient (Wildman–Crippen LogP) is 15.6. The first-order valence-corrected chi connectivity index (χ1v) is 21.4. The van der Waals surface area contributed by atoms with Gasteiger partial charge in [0.2, 0.25) is 0 Å². The highest BCUT2D eigenvalue weighted by atomic mass is 32.1. The molecule has 4 bridgehead atoms. The van der Waals surface area contributed by atoms with Crippen LogP contribution in [0.1, 0.15) is 44.1 Å². The summed E-state index contributed by atoms with van der Waals surface area (Å²) >= 11 is 1.89. The number of fused-ring (bicyclic) bond motifs is 5. The Hall–Kier alpha value is -5.70. The van der Waals surface area contributed by atoms with E-state index in [0.29, 0.717) is 5.41 Å². The van der Waals surface area contributed by atoms with Gasteiger partial charge in [0.1, 0.15) is 0 Å². The molecular formula is C54H43NS. The molecule has 4 aliphatic carbocycles. The van der Waals surface area contributed by atoms with E-state index in [2.05, 4.69) is 175 Å². The zero-order chi connectivity index (χ0) is 36.8. The summed E-state index contributed by atoms with van der Waals surface area (Å²) in [6, 6.07) is 64.0. The normalized spacial score (nSPS) is 21.4. The maximum atomic E-state index is 2.55. The highest BCUT2D eigenvalue weighted by Gasteiger charge is 2.52. The molecule has 9 aromatic rings. The molecule has 4 saturated carbocycles. The Morgan fingerprint density at radius 2 is 1.05 bits per heavy atom. The summed E-state index contributed by atoms with van der Waals surface area (Å²) in [7, 11) is 0. The van der Waals surface area contributed by atoms with Crippen LogP contribution in [0.4, 0.5) is 17.1 Å². The topological polar surface area (TPSA) is 3.24 Å². The molecule has 0 atom stereocenters. The van der Waals surface area contributed by atoms with Crippen molar-refractivity contribution >= 4 is 70.1 Å². The van der Waals surface area contributed by atoms with E-state index in [1.165, 1.54) is 120 Å². The molecule has 0 radical (unpaired) electrons. The Morgan fingerprint density at radius 1 is 0.446 bits per heavy atom. The second-order valence-corrected chi connectivity index (χ2v) is 18.2. The summed E-state index contributed by atoms with van der Waals surface area (Å²) in [5, 5.41) is 7.98. The van der Waals surface area contributed by atoms with Gasteiger partial charge in [0.25, 0.3) is 0 Å². The van der Waals surface area contributed by atoms with Crippen LogP contribution in [0.5, 0.6) is 0 Å². The summed E-state index contributed by atoms with van der Waals surface area (Å²) in [6.45, 7) is 0. The molecule has 0 aliphatic heterocycles. The van der Waals surface area contributed by atoms with Crippen LogP contribution in [0, 0.1) is 17.8 Å². The summed E-state index contributed by atoms with van der Waals surface area (Å²) in [5.74, 6) is 2.72. The number of benzene rings is 8. The van der Waals surface area contributed by atoms with E-state index in [4.69, 9.17) is 0 Å². The average Bonchev–Trinajstić information content (AvgIpc) is 3.61. The van der Waals surface area contributed by atoms with Gasteiger partial charge in [0.05, 0.1) is 5.69 Å². The molecule has 0 spiro atoms. The molecule has 56 heavy (non-hydrogen) atoms. The molecule has 1 heterocycles. The van der Waals surface area contributed by atoms with Crippen LogP contribution in [-0.2, 0) is 5.41 Å². The minimum atomic E-state index is 0.316. The second-order valence-electron chi connectivity index (χ2n) is 17.1. The molecular weight excluding hydrogens is 695 g/mol. The first-order chi connectivity index (χ1) is 27.7. The van der Waals surface area contributed by atoms with Gasteiger partial charge in [0, 0.05) is 36.9 Å². The molecule has 8 aromatic carbocycles. The lowest BCUT2D eigenvalue weighted by atomic mass is 9.47. The Labute approximate surface area is 332 Å². The largest absolute Gasteiger partial charge is 0.310 e. The summed E-state index contributed by atoms with van der Waals surface area (Å²) in [6.07, 6.45) is 8.48. The predicted molar refractivity (Wildman–Crippen MR) is 240 cm³/mol. The van der Waals surface area contributed by atoms with Gasteiger partial charge in [-0.1, -0.05) is 127 Å². The molecule has 4 fully saturated rings. The first kappa shape index (κ1) is 32.5. The Bertz CT molecular complexity index is 2930. The monoisotopic (exact) mass is 737 g/mol. The van der Waals surface area contributed by atoms with Crippen molar-refractivity contribution < 1.29 is 0 Å². The molecule has 0 unspecified atom stereocenters. The highest BCUT2D eigenvalue weighted by molar-refractivity contribution is 7.25. The quantitative estimate of drug-likeness (QED) is 0.164. The molecule has 270 valence electrons. The molecule has 2 heteroatoms. The van der Waals surface area contributed by atoms with Crippen molar-refractivity contribution in [2.24, 2.45) is 17.8 Å². The third-order valence-corrected chi connectivity index (χ3v) is 14.9. The minimum absolute atomic E-state index is 0.316. The van der Waals surface area contributed by atoms with Crippen molar-refractivity contribution in [3.63, 3.8) is 0 Å². The highest BCUT2D eigenvalue weighted by Crippen LogP contribution is 2.62. The maximum Gasteiger partial charge on any atom is 0.0540 e. The Kier molecular flexibility index (Phi) is 7.36. The van der Waals surface area contributed by atoms with Crippen LogP contribution in [-0.4, -0.2) is 0 Å². The number of hydrogen-bond donors (Lipinski definition) is 0. The van der Waals surface area contributed by atoms with Crippen LogP contribution in [0.15, 0.2) is 170 Å². The van der Waals surface area contributed by atoms with E-state index >= 15 is 0 Å². The van der Waals surface area contributed by atoms with Gasteiger partial charge < -0.3 is 4.90 Å². The lowest BCUT2D eigenvalue weighted by Gasteiger charge is -2.57. The van der Waals surface area contributed by atoms with Crippen molar-refractivity contribution in [2.75, 3.05) is 4.90 Å². The SMILES string of the molecule is c1ccc(-c2cccc3cccc(-c4cccc(N(c5ccc6sc7ccccc7c6c5)c5ccc(C67CC8CC(CC(C8)C6)C7)c6ccccc56)c4)c23)cc1. The van der Waals surface area contributed by atoms with Crippen LogP contribution >= 0.6 is 11.3 Å². The van der Waals surface area contributed by atoms with Crippen LogP contribution in [0.3, 0.4) is 0 Å². The van der Waals surface area contributed by atoms with Crippen molar-refractivity contribution in [1.82, 2.24) is 0 Å². The number of anilines is 3. The van der Waals surface area contributed by atoms with Gasteiger partial charge in [-0.05, 0) is 148 Å². The second kappa shape index (κ2) is 12.7. The third-order valence-electron chi connectivity index (χ3n) is 13.8. The third kappa shape index (κ3) is 5.12. The van der Waals surface area contributed by atoms with Gasteiger partial charge in [-0.2, -0.15) is 0 Å². The van der Waals surface area contributed by atoms with Crippen LogP contribution in [0.25, 0.3) is 64.0 Å². The molecule has 0 amide bonds. The molecule has 0 N–H and O–H groups in total. The molecule has 0 saturated heterocycles. The zero-order valence-electron chi connectivity index (χ0n) is 31.5. The molecule has 13 rings (SSSR count). The molecule has 4 aliphatic rings. The summed E-state index contributed by atoms with van der Waals surface area (Å²) < 4.78 is 2.67. The van der Waals surface area contributed by atoms with E-state index in [1.54, 1.807) is 5.56 Å². The van der Waals surface area contributed by atoms with Gasteiger partial charge in [-0.25, -0.2) is 0 Å². The molecule has 1 nitrogen and oxygen atoms in total. The Balaban J connectivity index is 1.07. The fraction of sp³-hybridized carbons (Fsp3) is 0.185. The zero-order valence-corrected chi connectivity index (χ0v) is 32.3. The smallest absolute Gasteiger partial charge is 0.0540 e. The number of thiophene rings is 1. The van der Waals surface area contributed by atoms with E-state index in [1.807, 2.05) is 11.3 Å². The standard InChI is InChI=1S/C54H43NS/c1-2-11-38(12-3-1)43-20-9-13-39-14-10-21-44(53(39)43)40-15-8-16-41(30-40)55(42-23-26-52-48(31-42)47-19-6-7-22-51(47)56-52)50-25-24-49(45-17-4-5-18-46(45)50)54-32-35-27-36(33-54)29-37(28-35)34-54/h1-26,30-31,35-37H,27-29,32-34H2. The minimum Gasteiger partial charge on any atom is -0.310 e. The van der Waals surface area contributed by atoms with Crippen molar-refractivity contribution in [2.45, 2.75) is 43.9 Å². The van der Waals surface area contributed by atoms with Gasteiger partial charge >= 0.3 is 0 Å². The first-order valence-electron chi connectivity index (χ1n) is 20.6. The molecule has 1 aromatic heterocycles. The van der Waals surface area contributed by atoms with Crippen molar-refractivity contribution in [1.29, 1.82) is 0 Å². The van der Waals surface area contributed by atoms with E-state index in [0.717, 1.165) is 17.8 Å². The van der Waals surface area contributed by atoms with E-state index < -0.39 is 0 Å². The van der Waals surface area contributed by atoms with Crippen LogP contribution < -0.4 is 4.90 Å². The van der Waals surface area contributed by atoms with E-state index in [9.17, 15) is 0 Å². The number of nitrogens with zero attached hydrogens (tertiary/aromatic N) is 1. The fourth-order valence-corrected chi connectivity index (χ4v) is 13.0. The van der Waals surface area contributed by atoms with Gasteiger partial charge in [-0.3, -0.25) is 0 Å². The summed E-state index contributed by atoms with van der Waals surface area (Å²) in [4.78, 5) is 2.55. The van der Waals surface area contributed by atoms with Crippen molar-refractivity contribution in [3.05, 3.63) is 175 Å². The van der Waals surface area contributed by atoms with Gasteiger partial charge in [0.15, 0.2) is 0 Å². The number of rotatable bonds is 6. The van der Waals surface area contributed by atoms with E-state index in [-0.39, 0.29) is 0 Å². The lowest BCUT2D eigenvalue weighted by molar-refractivity contribution is -0.00449. The van der Waals surface area contributed by atoms with Gasteiger partial charge in [-0.15, -0.1) is 11.3 Å². The van der Waals surface area contributed by atoms with Crippen molar-refractivity contribution in [3.8, 4) is 22.3 Å². The van der Waals surface area contributed by atoms with Crippen LogP contribution in [0.2, 0.25) is 0 Å².